The van der Waals surface area contributed by atoms with Crippen LogP contribution < -0.4 is 0 Å². The first-order valence-corrected chi connectivity index (χ1v) is 10.6. The first-order chi connectivity index (χ1) is 15.4. The number of likely N-dealkylation sites (tertiary alicyclic amines) is 2. The van der Waals surface area contributed by atoms with Crippen molar-refractivity contribution in [2.75, 3.05) is 19.6 Å². The van der Waals surface area contributed by atoms with E-state index >= 15 is 0 Å². The number of aliphatic hydroxyl groups is 1. The number of amides is 1. The van der Waals surface area contributed by atoms with Gasteiger partial charge in [0.15, 0.2) is 0 Å². The highest BCUT2D eigenvalue weighted by Crippen LogP contribution is 2.37. The molecule has 1 aromatic heterocycles. The van der Waals surface area contributed by atoms with Crippen LogP contribution in [0.25, 0.3) is 6.20 Å². The lowest BCUT2D eigenvalue weighted by molar-refractivity contribution is 0.0764. The molecule has 2 aliphatic rings. The first-order valence-electron chi connectivity index (χ1n) is 10.6. The van der Waals surface area contributed by atoms with Crippen molar-refractivity contribution in [2.45, 2.75) is 38.3 Å². The van der Waals surface area contributed by atoms with Gasteiger partial charge < -0.3 is 14.9 Å². The second-order valence-electron chi connectivity index (χ2n) is 8.15. The molecule has 2 saturated heterocycles. The predicted octanol–water partition coefficient (Wildman–Crippen LogP) is 3.80. The molecule has 2 aromatic rings. The molecule has 9 heteroatoms. The number of allylic oxidation sites excluding steroid dienone is 1. The van der Waals surface area contributed by atoms with Crippen LogP contribution in [0.1, 0.15) is 46.9 Å². The van der Waals surface area contributed by atoms with E-state index in [-0.39, 0.29) is 17.2 Å². The molecule has 0 spiro atoms. The number of carbonyl (C=O) groups is 1. The molecule has 0 aliphatic carbocycles. The molecule has 2 fully saturated rings. The van der Waals surface area contributed by atoms with Gasteiger partial charge >= 0.3 is 0 Å². The smallest absolute Gasteiger partial charge is 0.257 e. The van der Waals surface area contributed by atoms with Gasteiger partial charge in [-0.15, -0.1) is 0 Å². The number of aromatic nitrogens is 2. The Morgan fingerprint density at radius 2 is 2.06 bits per heavy atom. The van der Waals surface area contributed by atoms with Gasteiger partial charge in [0.05, 0.1) is 35.3 Å². The number of nitrogens with zero attached hydrogens (tertiary/aromatic N) is 4. The lowest BCUT2D eigenvalue weighted by Gasteiger charge is -2.27. The fraction of sp³-hybridized carbons (Fsp3) is 0.391. The van der Waals surface area contributed by atoms with Crippen LogP contribution in [0.4, 0.5) is 13.2 Å². The van der Waals surface area contributed by atoms with E-state index in [2.05, 4.69) is 5.10 Å². The Balaban J connectivity index is 1.53. The third kappa shape index (κ3) is 4.29. The largest absolute Gasteiger partial charge is 0.391 e. The van der Waals surface area contributed by atoms with Crippen LogP contribution in [0.5, 0.6) is 0 Å². The van der Waals surface area contributed by atoms with Crippen molar-refractivity contribution in [3.63, 3.8) is 0 Å². The monoisotopic (exact) mass is 446 g/mol. The molecule has 0 saturated carbocycles. The highest BCUT2D eigenvalue weighted by molar-refractivity contribution is 5.95. The zero-order valence-electron chi connectivity index (χ0n) is 17.7. The second-order valence-corrected chi connectivity index (χ2v) is 8.15. The molecule has 0 unspecified atom stereocenters. The average molecular weight is 446 g/mol. The molecule has 2 atom stereocenters. The molecule has 1 amide bonds. The highest BCUT2D eigenvalue weighted by atomic mass is 19.1. The van der Waals surface area contributed by atoms with Crippen LogP contribution in [0, 0.1) is 18.6 Å². The fourth-order valence-corrected chi connectivity index (χ4v) is 4.39. The minimum atomic E-state index is -0.538. The van der Waals surface area contributed by atoms with E-state index in [1.54, 1.807) is 16.7 Å². The molecular weight excluding hydrogens is 421 g/mol. The quantitative estimate of drug-likeness (QED) is 0.710. The Bertz CT molecular complexity index is 1070. The van der Waals surface area contributed by atoms with E-state index < -0.39 is 23.8 Å². The number of benzene rings is 1. The van der Waals surface area contributed by atoms with E-state index in [0.29, 0.717) is 56.5 Å². The van der Waals surface area contributed by atoms with Crippen molar-refractivity contribution in [2.24, 2.45) is 0 Å². The van der Waals surface area contributed by atoms with Crippen molar-refractivity contribution in [3.05, 3.63) is 71.0 Å². The minimum Gasteiger partial charge on any atom is -0.391 e. The molecule has 32 heavy (non-hydrogen) atoms. The fourth-order valence-electron chi connectivity index (χ4n) is 4.39. The van der Waals surface area contributed by atoms with Gasteiger partial charge in [0.1, 0.15) is 18.0 Å². The zero-order chi connectivity index (χ0) is 22.8. The van der Waals surface area contributed by atoms with E-state index in [9.17, 15) is 23.1 Å². The Morgan fingerprint density at radius 1 is 1.25 bits per heavy atom. The molecule has 170 valence electrons. The Hall–Kier alpha value is -3.07. The first kappa shape index (κ1) is 22.1. The van der Waals surface area contributed by atoms with E-state index in [1.807, 2.05) is 0 Å². The summed E-state index contributed by atoms with van der Waals surface area (Å²) in [4.78, 5) is 16.0. The van der Waals surface area contributed by atoms with Crippen LogP contribution >= 0.6 is 0 Å². The van der Waals surface area contributed by atoms with E-state index in [4.69, 9.17) is 0 Å². The summed E-state index contributed by atoms with van der Waals surface area (Å²) in [6.07, 6.45) is 6.25. The summed E-state index contributed by atoms with van der Waals surface area (Å²) in [6.45, 7) is 3.01. The Kier molecular flexibility index (Phi) is 6.36. The molecule has 1 N–H and O–H groups in total. The third-order valence-electron chi connectivity index (χ3n) is 6.13. The van der Waals surface area contributed by atoms with Crippen molar-refractivity contribution in [3.8, 4) is 0 Å². The lowest BCUT2D eigenvalue weighted by atomic mass is 10.0. The maximum atomic E-state index is 14.3. The molecule has 0 radical (unpaired) electrons. The number of hydrogen-bond acceptors (Lipinski definition) is 4. The molecular formula is C23H25F3N4O2. The number of rotatable bonds is 5. The average Bonchev–Trinajstić information content (AvgIpc) is 3.51. The van der Waals surface area contributed by atoms with E-state index in [1.165, 1.54) is 23.2 Å². The number of aliphatic hydroxyl groups excluding tert-OH is 1. The summed E-state index contributed by atoms with van der Waals surface area (Å²) < 4.78 is 43.3. The summed E-state index contributed by atoms with van der Waals surface area (Å²) in [5.41, 5.74) is 1.41. The van der Waals surface area contributed by atoms with Gasteiger partial charge in [-0.05, 0) is 50.5 Å². The molecule has 2 aliphatic heterocycles. The summed E-state index contributed by atoms with van der Waals surface area (Å²) in [5, 5.41) is 13.9. The predicted molar refractivity (Wildman–Crippen MR) is 113 cm³/mol. The van der Waals surface area contributed by atoms with Gasteiger partial charge in [0, 0.05) is 31.4 Å². The summed E-state index contributed by atoms with van der Waals surface area (Å²) in [5.74, 6) is -1.27. The van der Waals surface area contributed by atoms with Crippen LogP contribution in [-0.4, -0.2) is 56.3 Å². The maximum Gasteiger partial charge on any atom is 0.257 e. The van der Waals surface area contributed by atoms with Gasteiger partial charge in [0.25, 0.3) is 5.91 Å². The molecule has 4 rings (SSSR count). The van der Waals surface area contributed by atoms with Gasteiger partial charge in [-0.2, -0.15) is 5.10 Å². The van der Waals surface area contributed by atoms with Crippen molar-refractivity contribution in [1.82, 2.24) is 19.6 Å². The van der Waals surface area contributed by atoms with Gasteiger partial charge in [-0.1, -0.05) is 0 Å². The van der Waals surface area contributed by atoms with Crippen LogP contribution in [0.2, 0.25) is 0 Å². The van der Waals surface area contributed by atoms with Crippen molar-refractivity contribution in [1.29, 1.82) is 0 Å². The summed E-state index contributed by atoms with van der Waals surface area (Å²) in [6, 6.07) is 2.82. The minimum absolute atomic E-state index is 0.200. The Morgan fingerprint density at radius 3 is 2.78 bits per heavy atom. The van der Waals surface area contributed by atoms with Gasteiger partial charge in [-0.3, -0.25) is 4.79 Å². The zero-order valence-corrected chi connectivity index (χ0v) is 17.7. The highest BCUT2D eigenvalue weighted by Gasteiger charge is 2.30. The number of β-amino-alcohol motifs (C(OH)–C–C–N with tert-alkyl or cyclic N) is 1. The normalized spacial score (nSPS) is 21.8. The van der Waals surface area contributed by atoms with Gasteiger partial charge in [0.2, 0.25) is 0 Å². The molecule has 0 bridgehead atoms. The molecule has 3 heterocycles. The molecule has 6 nitrogen and oxygen atoms in total. The summed E-state index contributed by atoms with van der Waals surface area (Å²) >= 11 is 0. The van der Waals surface area contributed by atoms with Gasteiger partial charge in [-0.25, -0.2) is 17.9 Å². The summed E-state index contributed by atoms with van der Waals surface area (Å²) in [7, 11) is 0. The maximum absolute atomic E-state index is 14.3. The lowest BCUT2D eigenvalue weighted by Crippen LogP contribution is -2.29. The van der Waals surface area contributed by atoms with Crippen molar-refractivity contribution < 1.29 is 23.1 Å². The SMILES string of the molecule is Cc1c(C(=O)N2CC[C@H](O)C2)cnn1/C=C\C(=C\F)N1CCC[C@@H]1c1cc(F)ccc1F. The standard InChI is InChI=1S/C23H25F3N4O2/c1-15-20(23(32)28-9-7-18(31)14-28)13-27-30(15)10-6-17(12-24)29-8-2-3-22(29)19-11-16(25)4-5-21(19)26/h4-6,10-13,18,22,31H,2-3,7-9,14H2,1H3/b10-6-,17-12-/t18-,22+/m0/s1. The van der Waals surface area contributed by atoms with Crippen molar-refractivity contribution >= 4 is 12.1 Å². The van der Waals surface area contributed by atoms with Crippen LogP contribution in [0.15, 0.2) is 42.5 Å². The van der Waals surface area contributed by atoms with E-state index in [0.717, 1.165) is 18.2 Å². The number of halogens is 3. The Labute approximate surface area is 184 Å². The van der Waals surface area contributed by atoms with Crippen LogP contribution in [-0.2, 0) is 0 Å². The third-order valence-corrected chi connectivity index (χ3v) is 6.13. The number of carbonyl (C=O) groups excluding carboxylic acids is 1. The number of hydrogen-bond donors (Lipinski definition) is 1. The second kappa shape index (κ2) is 9.20. The molecule has 1 aromatic carbocycles. The van der Waals surface area contributed by atoms with Crippen LogP contribution in [0.3, 0.4) is 0 Å². The topological polar surface area (TPSA) is 61.6 Å².